The summed E-state index contributed by atoms with van der Waals surface area (Å²) < 4.78 is 2.07. The van der Waals surface area contributed by atoms with E-state index >= 15 is 0 Å². The van der Waals surface area contributed by atoms with Gasteiger partial charge >= 0.3 is 0 Å². The summed E-state index contributed by atoms with van der Waals surface area (Å²) in [6, 6.07) is 7.96. The lowest BCUT2D eigenvalue weighted by Gasteiger charge is -2.06. The monoisotopic (exact) mass is 291 g/mol. The van der Waals surface area contributed by atoms with Gasteiger partial charge in [0.05, 0.1) is 12.2 Å². The zero-order valence-electron chi connectivity index (χ0n) is 12.4. The van der Waals surface area contributed by atoms with Crippen LogP contribution in [0.4, 0.5) is 0 Å². The van der Waals surface area contributed by atoms with E-state index < -0.39 is 0 Å². The maximum Gasteiger partial charge on any atom is 0.0663 e. The van der Waals surface area contributed by atoms with Crippen molar-refractivity contribution in [3.63, 3.8) is 0 Å². The van der Waals surface area contributed by atoms with Crippen molar-refractivity contribution in [3.8, 4) is 0 Å². The van der Waals surface area contributed by atoms with Gasteiger partial charge in [-0.15, -0.1) is 0 Å². The highest BCUT2D eigenvalue weighted by atomic mass is 35.5. The first-order chi connectivity index (χ1) is 9.61. The SMILES string of the molecule is CCNCCc1c(C)nn(Cc2cccc(Cl)c2)c1C. The molecule has 0 aliphatic carbocycles. The Labute approximate surface area is 126 Å². The first-order valence-electron chi connectivity index (χ1n) is 7.10. The minimum absolute atomic E-state index is 0.772. The van der Waals surface area contributed by atoms with Crippen LogP contribution in [0.5, 0.6) is 0 Å². The van der Waals surface area contributed by atoms with Gasteiger partial charge in [0.2, 0.25) is 0 Å². The Morgan fingerprint density at radius 2 is 2.10 bits per heavy atom. The lowest BCUT2D eigenvalue weighted by molar-refractivity contribution is 0.656. The number of halogens is 1. The molecule has 1 heterocycles. The van der Waals surface area contributed by atoms with Gasteiger partial charge in [0.15, 0.2) is 0 Å². The zero-order chi connectivity index (χ0) is 14.5. The molecule has 0 saturated carbocycles. The molecule has 0 atom stereocenters. The molecule has 0 spiro atoms. The molecular weight excluding hydrogens is 270 g/mol. The minimum atomic E-state index is 0.772. The molecule has 20 heavy (non-hydrogen) atoms. The van der Waals surface area contributed by atoms with Crippen LogP contribution in [0.2, 0.25) is 5.02 Å². The molecule has 0 radical (unpaired) electrons. The number of rotatable bonds is 6. The Bertz CT molecular complexity index is 575. The van der Waals surface area contributed by atoms with Gasteiger partial charge < -0.3 is 5.32 Å². The van der Waals surface area contributed by atoms with E-state index in [-0.39, 0.29) is 0 Å². The molecule has 2 rings (SSSR count). The maximum absolute atomic E-state index is 6.03. The van der Waals surface area contributed by atoms with Crippen molar-refractivity contribution in [2.24, 2.45) is 0 Å². The third-order valence-electron chi connectivity index (χ3n) is 3.55. The Kier molecular flexibility index (Phi) is 5.21. The normalized spacial score (nSPS) is 11.0. The molecule has 0 saturated heterocycles. The first kappa shape index (κ1) is 15.1. The predicted octanol–water partition coefficient (Wildman–Crippen LogP) is 3.35. The standard InChI is InChI=1S/C16H22ClN3/c1-4-18-9-8-16-12(2)19-20(13(16)3)11-14-6-5-7-15(17)10-14/h5-7,10,18H,4,8-9,11H2,1-3H3. The van der Waals surface area contributed by atoms with E-state index in [0.29, 0.717) is 0 Å². The maximum atomic E-state index is 6.03. The Morgan fingerprint density at radius 3 is 2.80 bits per heavy atom. The summed E-state index contributed by atoms with van der Waals surface area (Å²) in [5.41, 5.74) is 4.91. The van der Waals surface area contributed by atoms with Crippen molar-refractivity contribution in [2.45, 2.75) is 33.7 Å². The highest BCUT2D eigenvalue weighted by molar-refractivity contribution is 6.30. The number of nitrogens with zero attached hydrogens (tertiary/aromatic N) is 2. The second kappa shape index (κ2) is 6.91. The molecular formula is C16H22ClN3. The quantitative estimate of drug-likeness (QED) is 0.827. The average molecular weight is 292 g/mol. The lowest BCUT2D eigenvalue weighted by Crippen LogP contribution is -2.16. The Balaban J connectivity index is 2.15. The molecule has 0 aliphatic heterocycles. The van der Waals surface area contributed by atoms with E-state index in [1.165, 1.54) is 16.8 Å². The predicted molar refractivity (Wildman–Crippen MR) is 84.5 cm³/mol. The molecule has 1 aromatic carbocycles. The second-order valence-electron chi connectivity index (χ2n) is 5.04. The van der Waals surface area contributed by atoms with Crippen LogP contribution in [0.3, 0.4) is 0 Å². The second-order valence-corrected chi connectivity index (χ2v) is 5.48. The van der Waals surface area contributed by atoms with Gasteiger partial charge in [-0.3, -0.25) is 4.68 Å². The van der Waals surface area contributed by atoms with Gasteiger partial charge in [0.1, 0.15) is 0 Å². The molecule has 0 unspecified atom stereocenters. The summed E-state index contributed by atoms with van der Waals surface area (Å²) in [5, 5.41) is 8.80. The zero-order valence-corrected chi connectivity index (χ0v) is 13.2. The van der Waals surface area contributed by atoms with Crippen LogP contribution in [-0.2, 0) is 13.0 Å². The molecule has 0 bridgehead atoms. The number of hydrogen-bond donors (Lipinski definition) is 1. The van der Waals surface area contributed by atoms with Gasteiger partial charge in [-0.05, 0) is 56.6 Å². The topological polar surface area (TPSA) is 29.9 Å². The van der Waals surface area contributed by atoms with E-state index in [4.69, 9.17) is 11.6 Å². The average Bonchev–Trinajstić information content (AvgIpc) is 2.66. The fourth-order valence-electron chi connectivity index (χ4n) is 2.45. The number of aromatic nitrogens is 2. The number of hydrogen-bond acceptors (Lipinski definition) is 2. The highest BCUT2D eigenvalue weighted by Gasteiger charge is 2.11. The Morgan fingerprint density at radius 1 is 1.30 bits per heavy atom. The third kappa shape index (κ3) is 3.62. The number of benzene rings is 1. The lowest BCUT2D eigenvalue weighted by atomic mass is 10.1. The summed E-state index contributed by atoms with van der Waals surface area (Å²) >= 11 is 6.03. The third-order valence-corrected chi connectivity index (χ3v) is 3.79. The van der Waals surface area contributed by atoms with Crippen LogP contribution >= 0.6 is 11.6 Å². The van der Waals surface area contributed by atoms with Gasteiger partial charge in [0, 0.05) is 10.7 Å². The largest absolute Gasteiger partial charge is 0.317 e. The van der Waals surface area contributed by atoms with Gasteiger partial charge in [0.25, 0.3) is 0 Å². The fourth-order valence-corrected chi connectivity index (χ4v) is 2.66. The summed E-state index contributed by atoms with van der Waals surface area (Å²) in [4.78, 5) is 0. The highest BCUT2D eigenvalue weighted by Crippen LogP contribution is 2.17. The Hall–Kier alpha value is -1.32. The van der Waals surface area contributed by atoms with Crippen LogP contribution < -0.4 is 5.32 Å². The van der Waals surface area contributed by atoms with Crippen molar-refractivity contribution in [1.82, 2.24) is 15.1 Å². The van der Waals surface area contributed by atoms with Gasteiger partial charge in [-0.1, -0.05) is 30.7 Å². The molecule has 1 aromatic heterocycles. The summed E-state index contributed by atoms with van der Waals surface area (Å²) in [7, 11) is 0. The van der Waals surface area contributed by atoms with E-state index in [0.717, 1.165) is 36.8 Å². The van der Waals surface area contributed by atoms with Crippen LogP contribution in [0.25, 0.3) is 0 Å². The minimum Gasteiger partial charge on any atom is -0.317 e. The number of nitrogens with one attached hydrogen (secondary N) is 1. The van der Waals surface area contributed by atoms with E-state index in [2.05, 4.69) is 41.9 Å². The molecule has 108 valence electrons. The van der Waals surface area contributed by atoms with Crippen LogP contribution in [0.1, 0.15) is 29.4 Å². The summed E-state index contributed by atoms with van der Waals surface area (Å²) in [6.07, 6.45) is 1.03. The molecule has 0 amide bonds. The van der Waals surface area contributed by atoms with Crippen LogP contribution in [0, 0.1) is 13.8 Å². The molecule has 2 aromatic rings. The van der Waals surface area contributed by atoms with Gasteiger partial charge in [-0.2, -0.15) is 5.10 Å². The van der Waals surface area contributed by atoms with E-state index in [1.54, 1.807) is 0 Å². The summed E-state index contributed by atoms with van der Waals surface area (Å²) in [5.74, 6) is 0. The molecule has 4 heteroatoms. The molecule has 3 nitrogen and oxygen atoms in total. The first-order valence-corrected chi connectivity index (χ1v) is 7.47. The summed E-state index contributed by atoms with van der Waals surface area (Å²) in [6.45, 7) is 9.14. The number of likely N-dealkylation sites (N-methyl/N-ethyl adjacent to an activating group) is 1. The van der Waals surface area contributed by atoms with Crippen molar-refractivity contribution >= 4 is 11.6 Å². The van der Waals surface area contributed by atoms with E-state index in [9.17, 15) is 0 Å². The van der Waals surface area contributed by atoms with E-state index in [1.807, 2.05) is 18.2 Å². The molecule has 1 N–H and O–H groups in total. The van der Waals surface area contributed by atoms with Crippen LogP contribution in [0.15, 0.2) is 24.3 Å². The van der Waals surface area contributed by atoms with Crippen LogP contribution in [-0.4, -0.2) is 22.9 Å². The smallest absolute Gasteiger partial charge is 0.0663 e. The van der Waals surface area contributed by atoms with Crippen molar-refractivity contribution in [1.29, 1.82) is 0 Å². The van der Waals surface area contributed by atoms with Crippen molar-refractivity contribution in [2.75, 3.05) is 13.1 Å². The molecule has 0 fully saturated rings. The van der Waals surface area contributed by atoms with Crippen molar-refractivity contribution in [3.05, 3.63) is 51.8 Å². The van der Waals surface area contributed by atoms with Gasteiger partial charge in [-0.25, -0.2) is 0 Å². The molecule has 0 aliphatic rings. The van der Waals surface area contributed by atoms with Crippen molar-refractivity contribution < 1.29 is 0 Å². The fraction of sp³-hybridized carbons (Fsp3) is 0.438. The number of aryl methyl sites for hydroxylation is 1.